The summed E-state index contributed by atoms with van der Waals surface area (Å²) in [7, 11) is 1.23. The molecule has 2 aliphatic rings. The van der Waals surface area contributed by atoms with Gasteiger partial charge in [0.1, 0.15) is 6.04 Å². The van der Waals surface area contributed by atoms with E-state index in [1.54, 1.807) is 6.07 Å². The van der Waals surface area contributed by atoms with Crippen LogP contribution in [-0.2, 0) is 21.9 Å². The Hall–Kier alpha value is -3.25. The summed E-state index contributed by atoms with van der Waals surface area (Å²) in [6, 6.07) is 4.54. The summed E-state index contributed by atoms with van der Waals surface area (Å²) in [4.78, 5) is 39.5. The molecular formula is C28H25Cl2F6N3O3. The Morgan fingerprint density at radius 3 is 2.24 bits per heavy atom. The minimum absolute atomic E-state index is 0.0594. The normalized spacial score (nSPS) is 22.8. The SMILES string of the molecule is CN(C(=O)c1cc(C(F)(F)F)cc(C(F)(F)F)c1)C1(/C=C/C(=O)NC2CCCCNC2=O)C[C@@H]1c1ccc(Cl)c(Cl)c1. The molecular weight excluding hydrogens is 611 g/mol. The van der Waals surface area contributed by atoms with Gasteiger partial charge in [-0.25, -0.2) is 0 Å². The maximum atomic E-state index is 13.5. The zero-order chi connectivity index (χ0) is 31.0. The fourth-order valence-electron chi connectivity index (χ4n) is 5.05. The highest BCUT2D eigenvalue weighted by Gasteiger charge is 2.58. The van der Waals surface area contributed by atoms with Crippen molar-refractivity contribution in [3.63, 3.8) is 0 Å². The molecule has 0 radical (unpaired) electrons. The first-order chi connectivity index (χ1) is 19.5. The Kier molecular flexibility index (Phi) is 8.90. The van der Waals surface area contributed by atoms with E-state index in [9.17, 15) is 40.7 Å². The van der Waals surface area contributed by atoms with E-state index in [-0.39, 0.29) is 28.4 Å². The van der Waals surface area contributed by atoms with Gasteiger partial charge >= 0.3 is 12.4 Å². The predicted octanol–water partition coefficient (Wildman–Crippen LogP) is 6.37. The van der Waals surface area contributed by atoms with Gasteiger partial charge in [0.25, 0.3) is 5.91 Å². The van der Waals surface area contributed by atoms with E-state index in [0.29, 0.717) is 37.1 Å². The molecule has 2 unspecified atom stereocenters. The van der Waals surface area contributed by atoms with Crippen LogP contribution in [0.4, 0.5) is 26.3 Å². The highest BCUT2D eigenvalue weighted by molar-refractivity contribution is 6.42. The van der Waals surface area contributed by atoms with Crippen molar-refractivity contribution in [2.45, 2.75) is 55.5 Å². The minimum Gasteiger partial charge on any atom is -0.354 e. The van der Waals surface area contributed by atoms with Crippen LogP contribution in [0.5, 0.6) is 0 Å². The molecule has 2 fully saturated rings. The summed E-state index contributed by atoms with van der Waals surface area (Å²) < 4.78 is 80.7. The van der Waals surface area contributed by atoms with Crippen LogP contribution in [0.1, 0.15) is 58.6 Å². The Balaban J connectivity index is 1.69. The van der Waals surface area contributed by atoms with Gasteiger partial charge in [0, 0.05) is 31.1 Å². The van der Waals surface area contributed by atoms with Gasteiger partial charge in [-0.15, -0.1) is 0 Å². The molecule has 0 bridgehead atoms. The Bertz CT molecular complexity index is 1400. The molecule has 1 saturated heterocycles. The average molecular weight is 636 g/mol. The van der Waals surface area contributed by atoms with Gasteiger partial charge in [-0.3, -0.25) is 14.4 Å². The molecule has 6 nitrogen and oxygen atoms in total. The highest BCUT2D eigenvalue weighted by Crippen LogP contribution is 2.57. The monoisotopic (exact) mass is 635 g/mol. The molecule has 4 rings (SSSR count). The summed E-state index contributed by atoms with van der Waals surface area (Å²) in [5.74, 6) is -2.65. The molecule has 0 aromatic heterocycles. The van der Waals surface area contributed by atoms with Crippen molar-refractivity contribution in [3.8, 4) is 0 Å². The van der Waals surface area contributed by atoms with Gasteiger partial charge in [0.05, 0.1) is 26.7 Å². The number of halogens is 8. The smallest absolute Gasteiger partial charge is 0.354 e. The van der Waals surface area contributed by atoms with Crippen molar-refractivity contribution in [1.29, 1.82) is 0 Å². The second-order valence-corrected chi connectivity index (χ2v) is 11.1. The van der Waals surface area contributed by atoms with E-state index in [1.807, 2.05) is 0 Å². The van der Waals surface area contributed by atoms with E-state index < -0.39 is 58.4 Å². The number of rotatable bonds is 6. The molecule has 1 heterocycles. The van der Waals surface area contributed by atoms with Crippen molar-refractivity contribution in [2.24, 2.45) is 0 Å². The zero-order valence-electron chi connectivity index (χ0n) is 22.0. The van der Waals surface area contributed by atoms with Crippen LogP contribution >= 0.6 is 23.2 Å². The van der Waals surface area contributed by atoms with Crippen LogP contribution in [-0.4, -0.2) is 47.8 Å². The molecule has 2 aromatic carbocycles. The third-order valence-corrected chi connectivity index (χ3v) is 8.20. The van der Waals surface area contributed by atoms with Crippen molar-refractivity contribution < 1.29 is 40.7 Å². The zero-order valence-corrected chi connectivity index (χ0v) is 23.5. The first-order valence-electron chi connectivity index (χ1n) is 12.8. The summed E-state index contributed by atoms with van der Waals surface area (Å²) in [5, 5.41) is 5.73. The molecule has 0 spiro atoms. The number of hydrogen-bond donors (Lipinski definition) is 2. The Labute approximate surface area is 247 Å². The number of carbonyl (C=O) groups is 3. The molecule has 2 aromatic rings. The van der Waals surface area contributed by atoms with Crippen LogP contribution in [0.25, 0.3) is 0 Å². The number of benzene rings is 2. The van der Waals surface area contributed by atoms with Gasteiger partial charge < -0.3 is 15.5 Å². The maximum absolute atomic E-state index is 13.5. The fraction of sp³-hybridized carbons (Fsp3) is 0.393. The molecule has 1 aliphatic heterocycles. The third-order valence-electron chi connectivity index (χ3n) is 7.46. The quantitative estimate of drug-likeness (QED) is 0.286. The Morgan fingerprint density at radius 2 is 1.64 bits per heavy atom. The lowest BCUT2D eigenvalue weighted by Gasteiger charge is -2.28. The third kappa shape index (κ3) is 6.86. The minimum atomic E-state index is -5.14. The molecule has 42 heavy (non-hydrogen) atoms. The van der Waals surface area contributed by atoms with Crippen molar-refractivity contribution in [2.75, 3.05) is 13.6 Å². The summed E-state index contributed by atoms with van der Waals surface area (Å²) in [6.45, 7) is 0.480. The molecule has 226 valence electrons. The molecule has 14 heteroatoms. The van der Waals surface area contributed by atoms with Crippen molar-refractivity contribution in [3.05, 3.63) is 80.8 Å². The maximum Gasteiger partial charge on any atom is 0.416 e. The lowest BCUT2D eigenvalue weighted by atomic mass is 10.0. The average Bonchev–Trinajstić information content (AvgIpc) is 3.69. The van der Waals surface area contributed by atoms with E-state index in [0.717, 1.165) is 17.4 Å². The van der Waals surface area contributed by atoms with Gasteiger partial charge in [-0.1, -0.05) is 35.3 Å². The van der Waals surface area contributed by atoms with E-state index in [4.69, 9.17) is 23.2 Å². The molecule has 3 atom stereocenters. The standard InChI is InChI=1S/C28H25Cl2F6N3O3/c1-39(25(42)16-10-17(27(31,32)33)13-18(11-16)28(34,35)36)26(14-19(26)15-5-6-20(29)21(30)12-15)8-7-23(40)38-22-4-2-3-9-37-24(22)41/h5-8,10-13,19,22H,2-4,9,14H2,1H3,(H,37,41)(H,38,40)/b8-7+/t19-,22?,26?/m1/s1. The summed E-state index contributed by atoms with van der Waals surface area (Å²) in [6.07, 6.45) is -5.78. The predicted molar refractivity (Wildman–Crippen MR) is 143 cm³/mol. The molecule has 1 saturated carbocycles. The van der Waals surface area contributed by atoms with Gasteiger partial charge in [-0.05, 0) is 61.6 Å². The van der Waals surface area contributed by atoms with Gasteiger partial charge in [0.15, 0.2) is 0 Å². The Morgan fingerprint density at radius 1 is 1.00 bits per heavy atom. The number of amides is 3. The second kappa shape index (κ2) is 11.8. The molecule has 3 amide bonds. The van der Waals surface area contributed by atoms with E-state index in [1.165, 1.54) is 25.3 Å². The lowest BCUT2D eigenvalue weighted by molar-refractivity contribution is -0.143. The first kappa shape index (κ1) is 31.7. The lowest BCUT2D eigenvalue weighted by Crippen LogP contribution is -2.45. The van der Waals surface area contributed by atoms with Gasteiger partial charge in [0.2, 0.25) is 11.8 Å². The van der Waals surface area contributed by atoms with Gasteiger partial charge in [-0.2, -0.15) is 26.3 Å². The number of carbonyl (C=O) groups excluding carboxylic acids is 3. The highest BCUT2D eigenvalue weighted by atomic mass is 35.5. The first-order valence-corrected chi connectivity index (χ1v) is 13.6. The van der Waals surface area contributed by atoms with Crippen LogP contribution in [0, 0.1) is 0 Å². The van der Waals surface area contributed by atoms with Crippen LogP contribution < -0.4 is 10.6 Å². The number of alkyl halides is 6. The van der Waals surface area contributed by atoms with Crippen LogP contribution in [0.15, 0.2) is 48.6 Å². The van der Waals surface area contributed by atoms with Crippen molar-refractivity contribution >= 4 is 40.9 Å². The number of nitrogens with one attached hydrogen (secondary N) is 2. The van der Waals surface area contributed by atoms with Crippen LogP contribution in [0.2, 0.25) is 10.0 Å². The fourth-order valence-corrected chi connectivity index (χ4v) is 5.35. The second-order valence-electron chi connectivity index (χ2n) is 10.3. The largest absolute Gasteiger partial charge is 0.416 e. The molecule has 2 N–H and O–H groups in total. The number of likely N-dealkylation sites (N-methyl/N-ethyl adjacent to an activating group) is 1. The number of nitrogens with zero attached hydrogens (tertiary/aromatic N) is 1. The van der Waals surface area contributed by atoms with E-state index >= 15 is 0 Å². The molecule has 1 aliphatic carbocycles. The summed E-state index contributed by atoms with van der Waals surface area (Å²) in [5.41, 5.74) is -4.82. The topological polar surface area (TPSA) is 78.5 Å². The van der Waals surface area contributed by atoms with Crippen LogP contribution in [0.3, 0.4) is 0 Å². The summed E-state index contributed by atoms with van der Waals surface area (Å²) >= 11 is 12.2. The van der Waals surface area contributed by atoms with Crippen molar-refractivity contribution in [1.82, 2.24) is 15.5 Å². The number of hydrogen-bond acceptors (Lipinski definition) is 3. The van der Waals surface area contributed by atoms with E-state index in [2.05, 4.69) is 10.6 Å².